The third-order valence-electron chi connectivity index (χ3n) is 6.17. The van der Waals surface area contributed by atoms with Crippen molar-refractivity contribution in [1.82, 2.24) is 14.6 Å². The van der Waals surface area contributed by atoms with Crippen LogP contribution in [0.5, 0.6) is 5.75 Å². The van der Waals surface area contributed by atoms with E-state index in [9.17, 15) is 14.4 Å². The molecule has 0 radical (unpaired) electrons. The lowest BCUT2D eigenvalue weighted by Crippen LogP contribution is -2.33. The van der Waals surface area contributed by atoms with E-state index in [0.717, 1.165) is 41.9 Å². The first kappa shape index (κ1) is 23.9. The fraction of sp³-hybridized carbons (Fsp3) is 0.296. The van der Waals surface area contributed by atoms with E-state index in [4.69, 9.17) is 4.74 Å². The Hall–Kier alpha value is -3.85. The summed E-state index contributed by atoms with van der Waals surface area (Å²) in [5, 5.41) is 4.39. The first-order valence-corrected chi connectivity index (χ1v) is 12.9. The number of fused-ring (bicyclic) bond motifs is 2. The second kappa shape index (κ2) is 10.0. The summed E-state index contributed by atoms with van der Waals surface area (Å²) in [7, 11) is 0. The van der Waals surface area contributed by atoms with Gasteiger partial charge in [-0.3, -0.25) is 14.4 Å². The molecule has 1 aliphatic heterocycles. The summed E-state index contributed by atoms with van der Waals surface area (Å²) in [4.78, 5) is 45.1. The molecule has 5 rings (SSSR count). The Labute approximate surface area is 211 Å². The van der Waals surface area contributed by atoms with Crippen molar-refractivity contribution >= 4 is 39.4 Å². The van der Waals surface area contributed by atoms with Crippen LogP contribution in [0.15, 0.2) is 53.3 Å². The van der Waals surface area contributed by atoms with Crippen LogP contribution in [-0.2, 0) is 9.59 Å². The Balaban J connectivity index is 1.55. The molecular weight excluding hydrogens is 476 g/mol. The quantitative estimate of drug-likeness (QED) is 0.206. The number of para-hydroxylation sites is 2. The minimum absolute atomic E-state index is 0.159. The maximum atomic E-state index is 13.5. The van der Waals surface area contributed by atoms with Crippen molar-refractivity contribution in [2.45, 2.75) is 46.0 Å². The summed E-state index contributed by atoms with van der Waals surface area (Å²) < 4.78 is 6.82. The summed E-state index contributed by atoms with van der Waals surface area (Å²) in [6.07, 6.45) is 5.49. The second-order valence-corrected chi connectivity index (χ2v) is 9.70. The number of unbranched alkanes of at least 4 members (excludes halogenated alkanes) is 4. The Morgan fingerprint density at radius 3 is 2.44 bits per heavy atom. The van der Waals surface area contributed by atoms with Gasteiger partial charge in [-0.05, 0) is 24.6 Å². The first-order chi connectivity index (χ1) is 17.5. The van der Waals surface area contributed by atoms with Crippen molar-refractivity contribution in [3.63, 3.8) is 0 Å². The van der Waals surface area contributed by atoms with Crippen LogP contribution in [0.2, 0.25) is 0 Å². The zero-order valence-electron chi connectivity index (χ0n) is 20.2. The highest BCUT2D eigenvalue weighted by atomic mass is 32.1. The van der Waals surface area contributed by atoms with Crippen LogP contribution >= 0.6 is 11.3 Å². The van der Waals surface area contributed by atoms with E-state index < -0.39 is 5.97 Å². The number of ether oxygens (including phenoxy) is 1. The predicted octanol–water partition coefficient (Wildman–Crippen LogP) is 3.98. The lowest BCUT2D eigenvalue weighted by molar-refractivity contribution is -0.131. The van der Waals surface area contributed by atoms with Gasteiger partial charge in [0.1, 0.15) is 10.3 Å². The first-order valence-electron chi connectivity index (χ1n) is 12.1. The molecule has 36 heavy (non-hydrogen) atoms. The minimum atomic E-state index is -0.458. The SMILES string of the molecule is CCCCCCCN1C(=O)C(=c2sc3nc(-c4ccccc4OC(C)=O)nn3c2=O)c2ccccc21. The number of carbonyl (C=O) groups is 2. The van der Waals surface area contributed by atoms with Crippen molar-refractivity contribution < 1.29 is 14.3 Å². The Bertz CT molecular complexity index is 1570. The lowest BCUT2D eigenvalue weighted by atomic mass is 10.1. The number of anilines is 1. The van der Waals surface area contributed by atoms with E-state index >= 15 is 0 Å². The largest absolute Gasteiger partial charge is 0.426 e. The van der Waals surface area contributed by atoms with Crippen molar-refractivity contribution in [3.05, 3.63) is 69.0 Å². The molecule has 0 bridgehead atoms. The van der Waals surface area contributed by atoms with Crippen LogP contribution in [0, 0.1) is 0 Å². The van der Waals surface area contributed by atoms with Gasteiger partial charge in [0.2, 0.25) is 4.96 Å². The fourth-order valence-corrected chi connectivity index (χ4v) is 5.49. The van der Waals surface area contributed by atoms with E-state index in [2.05, 4.69) is 17.0 Å². The number of rotatable bonds is 8. The standard InChI is InChI=1S/C27H26N4O4S/c1-3-4-5-6-11-16-30-20-14-9-7-12-18(20)22(25(30)33)23-26(34)31-27(36-23)28-24(29-31)19-13-8-10-15-21(19)35-17(2)32/h7-10,12-15H,3-6,11,16H2,1-2H3. The van der Waals surface area contributed by atoms with Gasteiger partial charge in [-0.15, -0.1) is 5.10 Å². The monoisotopic (exact) mass is 502 g/mol. The molecule has 2 aromatic heterocycles. The molecule has 3 heterocycles. The topological polar surface area (TPSA) is 93.9 Å². The van der Waals surface area contributed by atoms with Crippen molar-refractivity contribution in [3.8, 4) is 17.1 Å². The van der Waals surface area contributed by atoms with Gasteiger partial charge < -0.3 is 9.64 Å². The Morgan fingerprint density at radius 1 is 0.972 bits per heavy atom. The lowest BCUT2D eigenvalue weighted by Gasteiger charge is -2.16. The normalized spacial score (nSPS) is 14.5. The number of benzene rings is 2. The molecular formula is C27H26N4O4S. The highest BCUT2D eigenvalue weighted by molar-refractivity contribution is 7.15. The summed E-state index contributed by atoms with van der Waals surface area (Å²) in [5.41, 5.74) is 2.12. The molecule has 0 spiro atoms. The summed E-state index contributed by atoms with van der Waals surface area (Å²) in [5.74, 6) is -0.0212. The third kappa shape index (κ3) is 4.30. The molecule has 0 aliphatic carbocycles. The van der Waals surface area contributed by atoms with Crippen molar-refractivity contribution in [2.24, 2.45) is 0 Å². The molecule has 4 aromatic rings. The van der Waals surface area contributed by atoms with Crippen LogP contribution in [0.4, 0.5) is 5.69 Å². The molecule has 1 amide bonds. The molecule has 0 N–H and O–H groups in total. The number of hydrogen-bond donors (Lipinski definition) is 0. The zero-order valence-corrected chi connectivity index (χ0v) is 21.0. The Kier molecular flexibility index (Phi) is 6.65. The Morgan fingerprint density at radius 2 is 1.69 bits per heavy atom. The summed E-state index contributed by atoms with van der Waals surface area (Å²) in [6, 6.07) is 14.5. The van der Waals surface area contributed by atoms with E-state index in [-0.39, 0.29) is 17.3 Å². The fourth-order valence-electron chi connectivity index (χ4n) is 4.49. The summed E-state index contributed by atoms with van der Waals surface area (Å²) in [6.45, 7) is 4.12. The maximum absolute atomic E-state index is 13.5. The maximum Gasteiger partial charge on any atom is 0.308 e. The van der Waals surface area contributed by atoms with Gasteiger partial charge >= 0.3 is 5.97 Å². The number of amides is 1. The molecule has 9 heteroatoms. The van der Waals surface area contributed by atoms with Gasteiger partial charge in [-0.1, -0.05) is 74.3 Å². The van der Waals surface area contributed by atoms with Crippen LogP contribution in [0.1, 0.15) is 51.5 Å². The van der Waals surface area contributed by atoms with Gasteiger partial charge in [-0.2, -0.15) is 9.50 Å². The smallest absolute Gasteiger partial charge is 0.308 e. The van der Waals surface area contributed by atoms with Gasteiger partial charge in [0, 0.05) is 19.0 Å². The molecule has 0 atom stereocenters. The van der Waals surface area contributed by atoms with Crippen molar-refractivity contribution in [2.75, 3.05) is 11.4 Å². The van der Waals surface area contributed by atoms with Crippen LogP contribution in [-0.4, -0.2) is 33.0 Å². The van der Waals surface area contributed by atoms with Gasteiger partial charge in [0.05, 0.1) is 16.8 Å². The van der Waals surface area contributed by atoms with E-state index in [1.54, 1.807) is 29.2 Å². The number of thiazole rings is 1. The number of hydrogen-bond acceptors (Lipinski definition) is 7. The molecule has 184 valence electrons. The minimum Gasteiger partial charge on any atom is -0.426 e. The average Bonchev–Trinajstić information content (AvgIpc) is 3.49. The van der Waals surface area contributed by atoms with E-state index in [1.165, 1.54) is 24.3 Å². The van der Waals surface area contributed by atoms with Crippen LogP contribution in [0.25, 0.3) is 21.9 Å². The van der Waals surface area contributed by atoms with Gasteiger partial charge in [0.15, 0.2) is 5.82 Å². The number of aromatic nitrogens is 3. The molecule has 0 saturated carbocycles. The zero-order chi connectivity index (χ0) is 25.2. The summed E-state index contributed by atoms with van der Waals surface area (Å²) >= 11 is 1.15. The number of carbonyl (C=O) groups excluding carboxylic acids is 2. The van der Waals surface area contributed by atoms with Crippen LogP contribution in [0.3, 0.4) is 0 Å². The number of nitrogens with zero attached hydrogens (tertiary/aromatic N) is 4. The van der Waals surface area contributed by atoms with Crippen LogP contribution < -0.4 is 19.7 Å². The highest BCUT2D eigenvalue weighted by Gasteiger charge is 2.34. The molecule has 2 aromatic carbocycles. The van der Waals surface area contributed by atoms with Gasteiger partial charge in [0.25, 0.3) is 11.5 Å². The van der Waals surface area contributed by atoms with Crippen molar-refractivity contribution in [1.29, 1.82) is 0 Å². The molecule has 0 fully saturated rings. The second-order valence-electron chi connectivity index (χ2n) is 8.72. The van der Waals surface area contributed by atoms with Gasteiger partial charge in [-0.25, -0.2) is 0 Å². The molecule has 0 saturated heterocycles. The van der Waals surface area contributed by atoms with E-state index in [1.807, 2.05) is 24.3 Å². The highest BCUT2D eigenvalue weighted by Crippen LogP contribution is 2.35. The average molecular weight is 503 g/mol. The predicted molar refractivity (Wildman–Crippen MR) is 139 cm³/mol. The number of esters is 1. The molecule has 1 aliphatic rings. The molecule has 8 nitrogen and oxygen atoms in total. The third-order valence-corrected chi connectivity index (χ3v) is 7.20. The molecule has 0 unspecified atom stereocenters. The van der Waals surface area contributed by atoms with E-state index in [0.29, 0.717) is 32.9 Å².